The number of anilines is 1. The molecule has 3 rings (SSSR count). The molecule has 156 valence electrons. The average Bonchev–Trinajstić information content (AvgIpc) is 2.75. The van der Waals surface area contributed by atoms with E-state index >= 15 is 0 Å². The molecule has 0 spiro atoms. The summed E-state index contributed by atoms with van der Waals surface area (Å²) in [6.07, 6.45) is 1.47. The van der Waals surface area contributed by atoms with Gasteiger partial charge < -0.3 is 10.1 Å². The molecule has 0 bridgehead atoms. The number of nitrogens with one attached hydrogen (secondary N) is 1. The molecule has 7 heteroatoms. The van der Waals surface area contributed by atoms with Crippen molar-refractivity contribution < 1.29 is 13.9 Å². The summed E-state index contributed by atoms with van der Waals surface area (Å²) >= 11 is 9.39. The van der Waals surface area contributed by atoms with Crippen LogP contribution in [0.5, 0.6) is 5.75 Å². The molecule has 31 heavy (non-hydrogen) atoms. The Bertz CT molecular complexity index is 1200. The summed E-state index contributed by atoms with van der Waals surface area (Å²) in [5, 5.41) is 12.6. The lowest BCUT2D eigenvalue weighted by Crippen LogP contribution is -2.14. The van der Waals surface area contributed by atoms with Crippen LogP contribution in [-0.2, 0) is 11.4 Å². The molecule has 3 aromatic carbocycles. The van der Waals surface area contributed by atoms with E-state index < -0.39 is 5.91 Å². The van der Waals surface area contributed by atoms with Crippen molar-refractivity contribution in [3.8, 4) is 11.8 Å². The van der Waals surface area contributed by atoms with E-state index in [1.54, 1.807) is 54.6 Å². The van der Waals surface area contributed by atoms with Crippen LogP contribution in [0, 0.1) is 24.1 Å². The topological polar surface area (TPSA) is 62.1 Å². The second-order valence-electron chi connectivity index (χ2n) is 6.65. The van der Waals surface area contributed by atoms with E-state index in [1.165, 1.54) is 12.1 Å². The summed E-state index contributed by atoms with van der Waals surface area (Å²) in [6, 6.07) is 18.5. The van der Waals surface area contributed by atoms with Crippen LogP contribution in [0.3, 0.4) is 0 Å². The monoisotopic (exact) mass is 498 g/mol. The zero-order valence-corrected chi connectivity index (χ0v) is 18.8. The highest BCUT2D eigenvalue weighted by atomic mass is 79.9. The van der Waals surface area contributed by atoms with Crippen LogP contribution in [0.1, 0.15) is 16.7 Å². The minimum Gasteiger partial charge on any atom is -0.488 e. The number of hydrogen-bond acceptors (Lipinski definition) is 3. The molecule has 0 saturated carbocycles. The molecule has 0 aromatic heterocycles. The van der Waals surface area contributed by atoms with Gasteiger partial charge in [-0.2, -0.15) is 5.26 Å². The molecule has 0 fully saturated rings. The van der Waals surface area contributed by atoms with E-state index in [4.69, 9.17) is 16.3 Å². The van der Waals surface area contributed by atoms with Gasteiger partial charge in [-0.3, -0.25) is 4.79 Å². The number of carbonyl (C=O) groups excluding carboxylic acids is 1. The molecular weight excluding hydrogens is 483 g/mol. The van der Waals surface area contributed by atoms with Crippen molar-refractivity contribution in [1.29, 1.82) is 5.26 Å². The molecule has 0 aliphatic rings. The van der Waals surface area contributed by atoms with Gasteiger partial charge in [-0.1, -0.05) is 41.9 Å². The first-order valence-electron chi connectivity index (χ1n) is 9.22. The molecular formula is C24H17BrClFN2O2. The molecule has 0 atom stereocenters. The van der Waals surface area contributed by atoms with Crippen LogP contribution < -0.4 is 10.1 Å². The number of halogens is 3. The Morgan fingerprint density at radius 3 is 2.71 bits per heavy atom. The Morgan fingerprint density at radius 2 is 2.00 bits per heavy atom. The molecule has 0 unspecified atom stereocenters. The maximum absolute atomic E-state index is 13.7. The highest BCUT2D eigenvalue weighted by Gasteiger charge is 2.12. The van der Waals surface area contributed by atoms with E-state index in [0.29, 0.717) is 32.1 Å². The quantitative estimate of drug-likeness (QED) is 0.304. The lowest BCUT2D eigenvalue weighted by atomic mass is 10.1. The lowest BCUT2D eigenvalue weighted by molar-refractivity contribution is -0.112. The molecule has 0 aliphatic heterocycles. The Morgan fingerprint density at radius 1 is 1.23 bits per heavy atom. The first kappa shape index (κ1) is 22.5. The zero-order valence-electron chi connectivity index (χ0n) is 16.5. The number of carbonyl (C=O) groups is 1. The molecule has 1 amide bonds. The van der Waals surface area contributed by atoms with Crippen molar-refractivity contribution in [2.75, 3.05) is 5.32 Å². The minimum atomic E-state index is -0.538. The van der Waals surface area contributed by atoms with Crippen LogP contribution in [0.15, 0.2) is 70.7 Å². The number of nitrogens with zero attached hydrogens (tertiary/aromatic N) is 1. The highest BCUT2D eigenvalue weighted by Crippen LogP contribution is 2.28. The Hall–Kier alpha value is -3.14. The Labute approximate surface area is 193 Å². The summed E-state index contributed by atoms with van der Waals surface area (Å²) in [7, 11) is 0. The van der Waals surface area contributed by atoms with Gasteiger partial charge in [0.15, 0.2) is 0 Å². The van der Waals surface area contributed by atoms with Gasteiger partial charge >= 0.3 is 0 Å². The number of ether oxygens (including phenoxy) is 1. The SMILES string of the molecule is Cc1ccc(Cl)cc1NC(=O)/C(C#N)=C/c1ccc(OCc2ccccc2F)c(Br)c1. The first-order chi connectivity index (χ1) is 14.9. The van der Waals surface area contributed by atoms with Crippen LogP contribution >= 0.6 is 27.5 Å². The summed E-state index contributed by atoms with van der Waals surface area (Å²) in [5.74, 6) is -0.362. The van der Waals surface area contributed by atoms with Crippen molar-refractivity contribution >= 4 is 45.2 Å². The lowest BCUT2D eigenvalue weighted by Gasteiger charge is -2.10. The minimum absolute atomic E-state index is 0.0636. The van der Waals surface area contributed by atoms with Gasteiger partial charge in [0, 0.05) is 16.3 Å². The van der Waals surface area contributed by atoms with Crippen molar-refractivity contribution in [2.24, 2.45) is 0 Å². The third-order valence-corrected chi connectivity index (χ3v) is 5.28. The van der Waals surface area contributed by atoms with Crippen molar-refractivity contribution in [2.45, 2.75) is 13.5 Å². The number of amides is 1. The Balaban J connectivity index is 1.74. The van der Waals surface area contributed by atoms with Gasteiger partial charge in [0.25, 0.3) is 5.91 Å². The van der Waals surface area contributed by atoms with Crippen molar-refractivity contribution in [3.05, 3.63) is 98.2 Å². The van der Waals surface area contributed by atoms with Crippen LogP contribution in [0.2, 0.25) is 5.02 Å². The normalized spacial score (nSPS) is 11.0. The van der Waals surface area contributed by atoms with E-state index in [9.17, 15) is 14.4 Å². The maximum atomic E-state index is 13.7. The van der Waals surface area contributed by atoms with Gasteiger partial charge in [0.1, 0.15) is 29.8 Å². The van der Waals surface area contributed by atoms with Crippen molar-refractivity contribution in [3.63, 3.8) is 0 Å². The van der Waals surface area contributed by atoms with Crippen LogP contribution in [0.4, 0.5) is 10.1 Å². The van der Waals surface area contributed by atoms with Gasteiger partial charge in [0.05, 0.1) is 4.47 Å². The van der Waals surface area contributed by atoms with Crippen LogP contribution in [0.25, 0.3) is 6.08 Å². The maximum Gasteiger partial charge on any atom is 0.266 e. The third kappa shape index (κ3) is 5.94. The number of hydrogen-bond donors (Lipinski definition) is 1. The summed E-state index contributed by atoms with van der Waals surface area (Å²) in [6.45, 7) is 1.91. The molecule has 1 N–H and O–H groups in total. The number of aryl methyl sites for hydroxylation is 1. The van der Waals surface area contributed by atoms with E-state index in [0.717, 1.165) is 5.56 Å². The van der Waals surface area contributed by atoms with E-state index in [-0.39, 0.29) is 18.0 Å². The molecule has 0 heterocycles. The molecule has 0 saturated heterocycles. The fourth-order valence-electron chi connectivity index (χ4n) is 2.73. The average molecular weight is 500 g/mol. The van der Waals surface area contributed by atoms with Gasteiger partial charge in [-0.15, -0.1) is 0 Å². The summed E-state index contributed by atoms with van der Waals surface area (Å²) in [4.78, 5) is 12.5. The standard InChI is InChI=1S/C24H17BrClFN2O2/c1-15-6-8-19(26)12-22(15)29-24(30)18(13-28)10-16-7-9-23(20(25)11-16)31-14-17-4-2-3-5-21(17)27/h2-12H,14H2,1H3,(H,29,30)/b18-10+. The highest BCUT2D eigenvalue weighted by molar-refractivity contribution is 9.10. The first-order valence-corrected chi connectivity index (χ1v) is 10.4. The predicted molar refractivity (Wildman–Crippen MR) is 123 cm³/mol. The Kier molecular flexibility index (Phi) is 7.45. The zero-order chi connectivity index (χ0) is 22.4. The third-order valence-electron chi connectivity index (χ3n) is 4.42. The van der Waals surface area contributed by atoms with Crippen molar-refractivity contribution in [1.82, 2.24) is 0 Å². The smallest absolute Gasteiger partial charge is 0.266 e. The number of nitriles is 1. The largest absolute Gasteiger partial charge is 0.488 e. The fourth-order valence-corrected chi connectivity index (χ4v) is 3.41. The molecule has 4 nitrogen and oxygen atoms in total. The summed E-state index contributed by atoms with van der Waals surface area (Å²) in [5.41, 5.74) is 2.37. The second-order valence-corrected chi connectivity index (χ2v) is 7.94. The molecule has 0 radical (unpaired) electrons. The van der Waals surface area contributed by atoms with Crippen LogP contribution in [-0.4, -0.2) is 5.91 Å². The number of benzene rings is 3. The van der Waals surface area contributed by atoms with Gasteiger partial charge in [-0.25, -0.2) is 4.39 Å². The van der Waals surface area contributed by atoms with Gasteiger partial charge in [-0.05, 0) is 70.4 Å². The fraction of sp³-hybridized carbons (Fsp3) is 0.0833. The van der Waals surface area contributed by atoms with E-state index in [2.05, 4.69) is 21.2 Å². The van der Waals surface area contributed by atoms with Gasteiger partial charge in [0.2, 0.25) is 0 Å². The predicted octanol–water partition coefficient (Wildman–Crippen LogP) is 6.67. The second kappa shape index (κ2) is 10.3. The van der Waals surface area contributed by atoms with E-state index in [1.807, 2.05) is 13.0 Å². The summed E-state index contributed by atoms with van der Waals surface area (Å²) < 4.78 is 20.0. The molecule has 3 aromatic rings. The number of rotatable bonds is 6. The molecule has 0 aliphatic carbocycles.